The molecule has 0 heterocycles. The van der Waals surface area contributed by atoms with Gasteiger partial charge in [-0.15, -0.1) is 0 Å². The number of rotatable bonds is 6. The van der Waals surface area contributed by atoms with Gasteiger partial charge in [-0.1, -0.05) is 27.7 Å². The Labute approximate surface area is 91.1 Å². The fourth-order valence-corrected chi connectivity index (χ4v) is 1.26. The summed E-state index contributed by atoms with van der Waals surface area (Å²) in [6.07, 6.45) is -0.0956. The minimum atomic E-state index is -0.923. The van der Waals surface area contributed by atoms with Gasteiger partial charge in [0.15, 0.2) is 0 Å². The second-order valence-electron chi connectivity index (χ2n) is 4.59. The molecular weight excluding hydrogens is 194 g/mol. The summed E-state index contributed by atoms with van der Waals surface area (Å²) in [5.74, 6) is -1.07. The third-order valence-corrected chi connectivity index (χ3v) is 2.22. The number of nitrogens with one attached hydrogen (secondary N) is 1. The first-order chi connectivity index (χ1) is 6.84. The highest BCUT2D eigenvalue weighted by Crippen LogP contribution is 2.15. The normalized spacial score (nSPS) is 12.9. The third kappa shape index (κ3) is 6.10. The van der Waals surface area contributed by atoms with E-state index in [9.17, 15) is 9.59 Å². The van der Waals surface area contributed by atoms with Gasteiger partial charge < -0.3 is 10.4 Å². The highest BCUT2D eigenvalue weighted by Gasteiger charge is 2.24. The Balaban J connectivity index is 4.23. The van der Waals surface area contributed by atoms with E-state index < -0.39 is 11.9 Å². The highest BCUT2D eigenvalue weighted by molar-refractivity contribution is 5.83. The van der Waals surface area contributed by atoms with Crippen molar-refractivity contribution < 1.29 is 14.7 Å². The summed E-state index contributed by atoms with van der Waals surface area (Å²) in [5, 5.41) is 11.4. The molecule has 1 unspecified atom stereocenters. The Bertz CT molecular complexity index is 224. The lowest BCUT2D eigenvalue weighted by atomic mass is 9.91. The number of carboxylic acids is 1. The van der Waals surface area contributed by atoms with Gasteiger partial charge in [-0.3, -0.25) is 9.59 Å². The van der Waals surface area contributed by atoms with Crippen LogP contribution in [0, 0.1) is 17.8 Å². The molecule has 0 rings (SSSR count). The summed E-state index contributed by atoms with van der Waals surface area (Å²) in [5.41, 5.74) is 0. The number of amides is 1. The molecule has 1 amide bonds. The largest absolute Gasteiger partial charge is 0.481 e. The van der Waals surface area contributed by atoms with Crippen LogP contribution in [0.1, 0.15) is 34.1 Å². The average molecular weight is 215 g/mol. The summed E-state index contributed by atoms with van der Waals surface area (Å²) in [7, 11) is 0. The maximum absolute atomic E-state index is 11.7. The van der Waals surface area contributed by atoms with Crippen molar-refractivity contribution in [2.24, 2.45) is 17.8 Å². The number of carboxylic acid groups (broad SMARTS) is 1. The minimum absolute atomic E-state index is 0.0493. The molecule has 2 N–H and O–H groups in total. The van der Waals surface area contributed by atoms with Crippen molar-refractivity contribution >= 4 is 11.9 Å². The van der Waals surface area contributed by atoms with Crippen LogP contribution in [0.25, 0.3) is 0 Å². The molecule has 0 bridgehead atoms. The number of hydrogen-bond acceptors (Lipinski definition) is 2. The average Bonchev–Trinajstić information content (AvgIpc) is 2.09. The Kier molecular flexibility index (Phi) is 5.97. The van der Waals surface area contributed by atoms with Gasteiger partial charge in [0.25, 0.3) is 0 Å². The van der Waals surface area contributed by atoms with Crippen molar-refractivity contribution in [1.29, 1.82) is 0 Å². The minimum Gasteiger partial charge on any atom is -0.481 e. The quantitative estimate of drug-likeness (QED) is 0.705. The number of carbonyl (C=O) groups is 2. The molecule has 0 spiro atoms. The van der Waals surface area contributed by atoms with Crippen molar-refractivity contribution in [2.75, 3.05) is 6.54 Å². The molecule has 0 saturated carbocycles. The van der Waals surface area contributed by atoms with Crippen LogP contribution in [0.4, 0.5) is 0 Å². The van der Waals surface area contributed by atoms with E-state index in [1.54, 1.807) is 0 Å². The SMILES string of the molecule is CC(C)CNC(=O)C(CC(=O)O)C(C)C. The van der Waals surface area contributed by atoms with E-state index in [4.69, 9.17) is 5.11 Å². The second kappa shape index (κ2) is 6.43. The van der Waals surface area contributed by atoms with Crippen molar-refractivity contribution in [2.45, 2.75) is 34.1 Å². The zero-order valence-electron chi connectivity index (χ0n) is 9.91. The molecule has 4 nitrogen and oxygen atoms in total. The van der Waals surface area contributed by atoms with E-state index in [0.29, 0.717) is 12.5 Å². The van der Waals surface area contributed by atoms with Crippen molar-refractivity contribution in [3.63, 3.8) is 0 Å². The standard InChI is InChI=1S/C11H21NO3/c1-7(2)6-12-11(15)9(8(3)4)5-10(13)14/h7-9H,5-6H2,1-4H3,(H,12,15)(H,13,14). The Hall–Kier alpha value is -1.06. The van der Waals surface area contributed by atoms with Gasteiger partial charge in [0.2, 0.25) is 5.91 Å². The zero-order valence-corrected chi connectivity index (χ0v) is 9.91. The van der Waals surface area contributed by atoms with Gasteiger partial charge >= 0.3 is 5.97 Å². The molecule has 0 saturated heterocycles. The lowest BCUT2D eigenvalue weighted by molar-refractivity contribution is -0.142. The smallest absolute Gasteiger partial charge is 0.304 e. The Morgan fingerprint density at radius 1 is 1.20 bits per heavy atom. The molecule has 0 fully saturated rings. The molecule has 0 aromatic carbocycles. The lowest BCUT2D eigenvalue weighted by Crippen LogP contribution is -2.36. The molecule has 88 valence electrons. The number of carbonyl (C=O) groups excluding carboxylic acids is 1. The van der Waals surface area contributed by atoms with E-state index in [1.807, 2.05) is 27.7 Å². The first-order valence-electron chi connectivity index (χ1n) is 5.34. The molecule has 0 aliphatic carbocycles. The summed E-state index contributed by atoms with van der Waals surface area (Å²) in [6, 6.07) is 0. The van der Waals surface area contributed by atoms with Crippen LogP contribution >= 0.6 is 0 Å². The number of aliphatic carboxylic acids is 1. The summed E-state index contributed by atoms with van der Waals surface area (Å²) in [6.45, 7) is 8.33. The van der Waals surface area contributed by atoms with Crippen molar-refractivity contribution in [3.8, 4) is 0 Å². The van der Waals surface area contributed by atoms with E-state index >= 15 is 0 Å². The molecule has 0 aromatic rings. The molecule has 0 aliphatic rings. The van der Waals surface area contributed by atoms with Crippen LogP contribution in [0.3, 0.4) is 0 Å². The summed E-state index contributed by atoms with van der Waals surface area (Å²) < 4.78 is 0. The van der Waals surface area contributed by atoms with Gasteiger partial charge in [0.05, 0.1) is 12.3 Å². The maximum Gasteiger partial charge on any atom is 0.304 e. The molecule has 0 radical (unpaired) electrons. The topological polar surface area (TPSA) is 66.4 Å². The molecule has 15 heavy (non-hydrogen) atoms. The second-order valence-corrected chi connectivity index (χ2v) is 4.59. The van der Waals surface area contributed by atoms with Crippen LogP contribution in [-0.4, -0.2) is 23.5 Å². The van der Waals surface area contributed by atoms with E-state index in [1.165, 1.54) is 0 Å². The molecule has 0 aromatic heterocycles. The van der Waals surface area contributed by atoms with Gasteiger partial charge in [-0.25, -0.2) is 0 Å². The van der Waals surface area contributed by atoms with Gasteiger partial charge in [0.1, 0.15) is 0 Å². The highest BCUT2D eigenvalue weighted by atomic mass is 16.4. The van der Waals surface area contributed by atoms with Crippen molar-refractivity contribution in [3.05, 3.63) is 0 Å². The Morgan fingerprint density at radius 3 is 2.07 bits per heavy atom. The first-order valence-corrected chi connectivity index (χ1v) is 5.34. The molecule has 4 heteroatoms. The Morgan fingerprint density at radius 2 is 1.73 bits per heavy atom. The van der Waals surface area contributed by atoms with Crippen molar-refractivity contribution in [1.82, 2.24) is 5.32 Å². The molecule has 0 aliphatic heterocycles. The molecular formula is C11H21NO3. The van der Waals surface area contributed by atoms with E-state index in [2.05, 4.69) is 5.32 Å². The predicted molar refractivity (Wildman–Crippen MR) is 58.4 cm³/mol. The van der Waals surface area contributed by atoms with Gasteiger partial charge in [-0.05, 0) is 11.8 Å². The lowest BCUT2D eigenvalue weighted by Gasteiger charge is -2.19. The van der Waals surface area contributed by atoms with Crippen LogP contribution in [0.15, 0.2) is 0 Å². The van der Waals surface area contributed by atoms with E-state index in [0.717, 1.165) is 0 Å². The van der Waals surface area contributed by atoms with Crippen LogP contribution in [-0.2, 0) is 9.59 Å². The third-order valence-electron chi connectivity index (χ3n) is 2.22. The zero-order chi connectivity index (χ0) is 12.0. The van der Waals surface area contributed by atoms with Crippen LogP contribution in [0.2, 0.25) is 0 Å². The van der Waals surface area contributed by atoms with Gasteiger partial charge in [0, 0.05) is 6.54 Å². The molecule has 1 atom stereocenters. The monoisotopic (exact) mass is 215 g/mol. The maximum atomic E-state index is 11.7. The van der Waals surface area contributed by atoms with Crippen LogP contribution in [0.5, 0.6) is 0 Å². The summed E-state index contributed by atoms with van der Waals surface area (Å²) in [4.78, 5) is 22.2. The first kappa shape index (κ1) is 13.9. The fraction of sp³-hybridized carbons (Fsp3) is 0.818. The summed E-state index contributed by atoms with van der Waals surface area (Å²) >= 11 is 0. The van der Waals surface area contributed by atoms with Crippen LogP contribution < -0.4 is 5.32 Å². The van der Waals surface area contributed by atoms with Gasteiger partial charge in [-0.2, -0.15) is 0 Å². The van der Waals surface area contributed by atoms with E-state index in [-0.39, 0.29) is 18.2 Å². The predicted octanol–water partition coefficient (Wildman–Crippen LogP) is 1.51. The number of hydrogen-bond donors (Lipinski definition) is 2. The fourth-order valence-electron chi connectivity index (χ4n) is 1.26.